The number of urea groups is 1. The van der Waals surface area contributed by atoms with Gasteiger partial charge in [-0.15, -0.1) is 0 Å². The van der Waals surface area contributed by atoms with Crippen molar-refractivity contribution in [3.8, 4) is 11.8 Å². The molecule has 3 aromatic rings. The van der Waals surface area contributed by atoms with Gasteiger partial charge in [0.05, 0.1) is 24.5 Å². The third kappa shape index (κ3) is 6.55. The van der Waals surface area contributed by atoms with Crippen molar-refractivity contribution >= 4 is 17.4 Å². The van der Waals surface area contributed by atoms with Crippen LogP contribution in [-0.2, 0) is 11.2 Å². The van der Waals surface area contributed by atoms with Gasteiger partial charge in [0.2, 0.25) is 0 Å². The standard InChI is InChI=1S/C26H25FN4O2/c27-23-7-4-20(5-8-23)3-6-22-18-24(9-10-25(22)31-14-16-33-17-15-31)30-26(32)29-13-11-21-2-1-12-28-19-21/h1-2,4-5,7-10,12,18-19H,11,13-17H2,(H2,29,30,32). The van der Waals surface area contributed by atoms with Crippen LogP contribution in [0.1, 0.15) is 16.7 Å². The average Bonchev–Trinajstić information content (AvgIpc) is 2.85. The van der Waals surface area contributed by atoms with Gasteiger partial charge in [-0.3, -0.25) is 4.98 Å². The van der Waals surface area contributed by atoms with Crippen molar-refractivity contribution in [2.45, 2.75) is 6.42 Å². The largest absolute Gasteiger partial charge is 0.378 e. The van der Waals surface area contributed by atoms with E-state index < -0.39 is 0 Å². The van der Waals surface area contributed by atoms with E-state index in [9.17, 15) is 9.18 Å². The van der Waals surface area contributed by atoms with E-state index in [0.717, 1.165) is 35.5 Å². The quantitative estimate of drug-likeness (QED) is 0.587. The summed E-state index contributed by atoms with van der Waals surface area (Å²) in [5.74, 6) is 5.99. The van der Waals surface area contributed by atoms with E-state index in [4.69, 9.17) is 4.74 Å². The Bertz CT molecular complexity index is 1130. The predicted molar refractivity (Wildman–Crippen MR) is 127 cm³/mol. The smallest absolute Gasteiger partial charge is 0.319 e. The minimum atomic E-state index is -0.296. The maximum absolute atomic E-state index is 13.2. The van der Waals surface area contributed by atoms with Gasteiger partial charge in [-0.1, -0.05) is 17.9 Å². The maximum atomic E-state index is 13.2. The first-order valence-electron chi connectivity index (χ1n) is 10.9. The summed E-state index contributed by atoms with van der Waals surface area (Å²) in [4.78, 5) is 18.7. The lowest BCUT2D eigenvalue weighted by atomic mass is 10.1. The summed E-state index contributed by atoms with van der Waals surface area (Å²) in [5, 5.41) is 5.74. The third-order valence-electron chi connectivity index (χ3n) is 5.21. The van der Waals surface area contributed by atoms with Crippen LogP contribution in [0.2, 0.25) is 0 Å². The molecule has 2 amide bonds. The molecule has 0 atom stereocenters. The fourth-order valence-corrected chi connectivity index (χ4v) is 3.51. The Labute approximate surface area is 192 Å². The second-order valence-corrected chi connectivity index (χ2v) is 7.58. The fraction of sp³-hybridized carbons (Fsp3) is 0.231. The minimum absolute atomic E-state index is 0.282. The number of carbonyl (C=O) groups excluding carboxylic acids is 1. The molecule has 168 valence electrons. The zero-order chi connectivity index (χ0) is 22.9. The number of anilines is 2. The third-order valence-corrected chi connectivity index (χ3v) is 5.21. The first-order chi connectivity index (χ1) is 16.2. The summed E-state index contributed by atoms with van der Waals surface area (Å²) >= 11 is 0. The van der Waals surface area contributed by atoms with Crippen LogP contribution in [0, 0.1) is 17.7 Å². The lowest BCUT2D eigenvalue weighted by molar-refractivity contribution is 0.122. The maximum Gasteiger partial charge on any atom is 0.319 e. The molecule has 6 nitrogen and oxygen atoms in total. The Hall–Kier alpha value is -3.89. The fourth-order valence-electron chi connectivity index (χ4n) is 3.51. The Morgan fingerprint density at radius 1 is 1.09 bits per heavy atom. The number of halogens is 1. The van der Waals surface area contributed by atoms with Crippen LogP contribution in [0.15, 0.2) is 67.0 Å². The van der Waals surface area contributed by atoms with E-state index in [1.165, 1.54) is 12.1 Å². The van der Waals surface area contributed by atoms with Crippen molar-refractivity contribution in [3.05, 3.63) is 89.5 Å². The number of morpholine rings is 1. The molecule has 0 radical (unpaired) electrons. The SMILES string of the molecule is O=C(NCCc1cccnc1)Nc1ccc(N2CCOCC2)c(C#Cc2ccc(F)cc2)c1. The van der Waals surface area contributed by atoms with Crippen LogP contribution in [0.25, 0.3) is 0 Å². The molecule has 1 fully saturated rings. The summed E-state index contributed by atoms with van der Waals surface area (Å²) in [5.41, 5.74) is 4.20. The van der Waals surface area contributed by atoms with Crippen LogP contribution in [0.4, 0.5) is 20.6 Å². The lowest BCUT2D eigenvalue weighted by Gasteiger charge is -2.30. The van der Waals surface area contributed by atoms with E-state index in [1.807, 2.05) is 30.3 Å². The van der Waals surface area contributed by atoms with Crippen LogP contribution in [0.3, 0.4) is 0 Å². The van der Waals surface area contributed by atoms with E-state index in [-0.39, 0.29) is 11.8 Å². The molecule has 4 rings (SSSR count). The second kappa shape index (κ2) is 11.1. The van der Waals surface area contributed by atoms with Crippen molar-refractivity contribution in [3.63, 3.8) is 0 Å². The summed E-state index contributed by atoms with van der Waals surface area (Å²) in [6, 6.07) is 15.3. The van der Waals surface area contributed by atoms with Gasteiger partial charge in [-0.25, -0.2) is 9.18 Å². The Morgan fingerprint density at radius 3 is 2.67 bits per heavy atom. The molecule has 0 bridgehead atoms. The van der Waals surface area contributed by atoms with Crippen LogP contribution in [0.5, 0.6) is 0 Å². The summed E-state index contributed by atoms with van der Waals surface area (Å²) in [6.07, 6.45) is 4.21. The zero-order valence-electron chi connectivity index (χ0n) is 18.2. The van der Waals surface area contributed by atoms with Gasteiger partial charge in [-0.05, 0) is 60.5 Å². The van der Waals surface area contributed by atoms with Gasteiger partial charge in [0, 0.05) is 43.3 Å². The second-order valence-electron chi connectivity index (χ2n) is 7.58. The lowest BCUT2D eigenvalue weighted by Crippen LogP contribution is -2.36. The van der Waals surface area contributed by atoms with Gasteiger partial charge < -0.3 is 20.3 Å². The number of amides is 2. The zero-order valence-corrected chi connectivity index (χ0v) is 18.2. The molecule has 1 aliphatic rings. The number of ether oxygens (including phenoxy) is 1. The summed E-state index contributed by atoms with van der Waals surface area (Å²) < 4.78 is 18.7. The number of aromatic nitrogens is 1. The van der Waals surface area contributed by atoms with E-state index in [2.05, 4.69) is 32.4 Å². The van der Waals surface area contributed by atoms with Crippen LogP contribution in [-0.4, -0.2) is 43.9 Å². The molecule has 0 spiro atoms. The summed E-state index contributed by atoms with van der Waals surface area (Å²) in [6.45, 7) is 3.36. The molecule has 7 heteroatoms. The molecule has 0 unspecified atom stereocenters. The van der Waals surface area contributed by atoms with Gasteiger partial charge in [-0.2, -0.15) is 0 Å². The number of nitrogens with zero attached hydrogens (tertiary/aromatic N) is 2. The number of nitrogens with one attached hydrogen (secondary N) is 2. The first-order valence-corrected chi connectivity index (χ1v) is 10.9. The van der Waals surface area contributed by atoms with Gasteiger partial charge in [0.15, 0.2) is 0 Å². The van der Waals surface area contributed by atoms with Crippen molar-refractivity contribution in [2.75, 3.05) is 43.1 Å². The average molecular weight is 445 g/mol. The molecule has 2 N–H and O–H groups in total. The molecule has 1 aliphatic heterocycles. The summed E-state index contributed by atoms with van der Waals surface area (Å²) in [7, 11) is 0. The number of benzene rings is 2. The van der Waals surface area contributed by atoms with E-state index >= 15 is 0 Å². The molecular formula is C26H25FN4O2. The monoisotopic (exact) mass is 444 g/mol. The number of pyridine rings is 1. The molecule has 33 heavy (non-hydrogen) atoms. The molecule has 0 aliphatic carbocycles. The Balaban J connectivity index is 1.47. The van der Waals surface area contributed by atoms with E-state index in [0.29, 0.717) is 31.9 Å². The van der Waals surface area contributed by atoms with Crippen molar-refractivity contribution in [1.29, 1.82) is 0 Å². The minimum Gasteiger partial charge on any atom is -0.378 e. The topological polar surface area (TPSA) is 66.5 Å². The molecule has 0 saturated carbocycles. The Morgan fingerprint density at radius 2 is 1.91 bits per heavy atom. The molecule has 2 heterocycles. The molecular weight excluding hydrogens is 419 g/mol. The van der Waals surface area contributed by atoms with Crippen molar-refractivity contribution in [1.82, 2.24) is 10.3 Å². The number of carbonyl (C=O) groups is 1. The number of hydrogen-bond acceptors (Lipinski definition) is 4. The predicted octanol–water partition coefficient (Wildman–Crippen LogP) is 3.82. The highest BCUT2D eigenvalue weighted by Crippen LogP contribution is 2.25. The number of hydrogen-bond donors (Lipinski definition) is 2. The number of rotatable bonds is 5. The first kappa shape index (κ1) is 22.3. The molecule has 1 saturated heterocycles. The van der Waals surface area contributed by atoms with Crippen molar-refractivity contribution in [2.24, 2.45) is 0 Å². The molecule has 1 aromatic heterocycles. The van der Waals surface area contributed by atoms with Crippen molar-refractivity contribution < 1.29 is 13.9 Å². The highest BCUT2D eigenvalue weighted by Gasteiger charge is 2.15. The van der Waals surface area contributed by atoms with E-state index in [1.54, 1.807) is 24.5 Å². The van der Waals surface area contributed by atoms with Crippen LogP contribution < -0.4 is 15.5 Å². The Kier molecular flexibility index (Phi) is 7.52. The van der Waals surface area contributed by atoms with Gasteiger partial charge in [0.25, 0.3) is 0 Å². The highest BCUT2D eigenvalue weighted by atomic mass is 19.1. The van der Waals surface area contributed by atoms with Gasteiger partial charge >= 0.3 is 6.03 Å². The molecule has 2 aromatic carbocycles. The van der Waals surface area contributed by atoms with Crippen LogP contribution >= 0.6 is 0 Å². The highest BCUT2D eigenvalue weighted by molar-refractivity contribution is 5.90. The van der Waals surface area contributed by atoms with Gasteiger partial charge in [0.1, 0.15) is 5.82 Å². The normalized spacial score (nSPS) is 13.1.